The summed E-state index contributed by atoms with van der Waals surface area (Å²) in [7, 11) is 0. The van der Waals surface area contributed by atoms with Crippen molar-refractivity contribution >= 4 is 43.6 Å². The van der Waals surface area contributed by atoms with Gasteiger partial charge in [-0.15, -0.1) is 0 Å². The van der Waals surface area contributed by atoms with Crippen LogP contribution in [-0.4, -0.2) is 9.13 Å². The zero-order valence-electron chi connectivity index (χ0n) is 19.2. The van der Waals surface area contributed by atoms with Crippen molar-refractivity contribution in [3.63, 3.8) is 0 Å². The number of fused-ring (bicyclic) bond motifs is 6. The van der Waals surface area contributed by atoms with E-state index in [-0.39, 0.29) is 14.3 Å². The number of para-hydroxylation sites is 2. The van der Waals surface area contributed by atoms with Gasteiger partial charge in [0, 0.05) is 47.2 Å². The molecule has 0 bridgehead atoms. The summed E-state index contributed by atoms with van der Waals surface area (Å²) in [6, 6.07) is 41.5. The quantitative estimate of drug-likeness (QED) is 0.248. The van der Waals surface area contributed by atoms with Crippen LogP contribution in [0.2, 0.25) is 0 Å². The zero-order chi connectivity index (χ0) is 24.2. The molecule has 4 heteroatoms. The average Bonchev–Trinajstić information content (AvgIpc) is 3.45. The number of aromatic nitrogens is 2. The molecule has 0 N–H and O–H groups in total. The van der Waals surface area contributed by atoms with E-state index < -0.39 is 0 Å². The van der Waals surface area contributed by atoms with E-state index in [4.69, 9.17) is 0 Å². The van der Waals surface area contributed by atoms with Crippen molar-refractivity contribution in [2.45, 2.75) is 0 Å². The highest BCUT2D eigenvalue weighted by Crippen LogP contribution is 2.36. The first-order valence-corrected chi connectivity index (χ1v) is 11.7. The summed E-state index contributed by atoms with van der Waals surface area (Å²) in [5.74, 6) is 0. The Kier molecular flexibility index (Phi) is 4.24. The fraction of sp³-hybridized carbons (Fsp3) is 0. The molecule has 4 nitrogen and oxygen atoms in total. The van der Waals surface area contributed by atoms with Crippen molar-refractivity contribution in [3.05, 3.63) is 120 Å². The number of hydrogen-bond donors (Lipinski definition) is 0. The molecule has 0 fully saturated rings. The third kappa shape index (κ3) is 2.79. The highest BCUT2D eigenvalue weighted by atomic mass is 15.0. The lowest BCUT2D eigenvalue weighted by Gasteiger charge is -2.12. The number of rotatable bonds is 2. The highest BCUT2D eigenvalue weighted by molar-refractivity contribution is 6.11. The van der Waals surface area contributed by atoms with Crippen LogP contribution >= 0.6 is 0 Å². The minimum Gasteiger partial charge on any atom is -0.309 e. The molecule has 0 amide bonds. The lowest BCUT2D eigenvalue weighted by atomic mass is 10.1. The standard InChI is InChI=1S/C32H18N4.10H2/c33-19-21-12-14-31-27(16-21)28-17-22(20-34)13-15-32(28)36(31)24-7-5-6-23(18-24)35-29-10-3-1-8-25(29)26-9-2-4-11-30(26)35;;;;;;;;;;/h1-18H;10*1H. The van der Waals surface area contributed by atoms with Gasteiger partial charge >= 0.3 is 0 Å². The zero-order valence-corrected chi connectivity index (χ0v) is 19.2. The van der Waals surface area contributed by atoms with Gasteiger partial charge < -0.3 is 9.13 Å². The van der Waals surface area contributed by atoms with Crippen molar-refractivity contribution < 1.29 is 14.3 Å². The Morgan fingerprint density at radius 3 is 1.36 bits per heavy atom. The molecule has 0 unspecified atom stereocenters. The molecule has 0 saturated heterocycles. The second-order valence-corrected chi connectivity index (χ2v) is 8.91. The van der Waals surface area contributed by atoms with Crippen molar-refractivity contribution in [3.8, 4) is 23.5 Å². The van der Waals surface area contributed by atoms with E-state index in [0.29, 0.717) is 11.1 Å². The number of benzene rings is 5. The first-order valence-electron chi connectivity index (χ1n) is 11.7. The van der Waals surface area contributed by atoms with Crippen molar-refractivity contribution in [1.29, 1.82) is 10.5 Å². The van der Waals surface area contributed by atoms with Crippen LogP contribution < -0.4 is 0 Å². The molecule has 7 aromatic rings. The van der Waals surface area contributed by atoms with Crippen LogP contribution in [0.3, 0.4) is 0 Å². The summed E-state index contributed by atoms with van der Waals surface area (Å²) in [4.78, 5) is 0. The second-order valence-electron chi connectivity index (χ2n) is 8.91. The minimum absolute atomic E-state index is 0. The molecular weight excluding hydrogens is 440 g/mol. The largest absolute Gasteiger partial charge is 0.309 e. The van der Waals surface area contributed by atoms with E-state index in [1.165, 1.54) is 10.8 Å². The van der Waals surface area contributed by atoms with E-state index in [1.807, 2.05) is 36.4 Å². The summed E-state index contributed by atoms with van der Waals surface area (Å²) < 4.78 is 4.52. The lowest BCUT2D eigenvalue weighted by Crippen LogP contribution is -1.98. The van der Waals surface area contributed by atoms with Gasteiger partial charge in [0.2, 0.25) is 0 Å². The van der Waals surface area contributed by atoms with Gasteiger partial charge in [-0.25, -0.2) is 0 Å². The van der Waals surface area contributed by atoms with Crippen LogP contribution in [0.15, 0.2) is 109 Å². The van der Waals surface area contributed by atoms with E-state index in [9.17, 15) is 10.5 Å². The predicted molar refractivity (Wildman–Crippen MR) is 166 cm³/mol. The Bertz CT molecular complexity index is 1990. The molecule has 0 spiro atoms. The highest BCUT2D eigenvalue weighted by Gasteiger charge is 2.16. The monoisotopic (exact) mass is 478 g/mol. The van der Waals surface area contributed by atoms with Crippen LogP contribution in [0.4, 0.5) is 0 Å². The molecule has 5 aromatic carbocycles. The number of hydrogen-bond acceptors (Lipinski definition) is 2. The third-order valence-corrected chi connectivity index (χ3v) is 6.95. The molecule has 2 heterocycles. The molecule has 0 aliphatic carbocycles. The van der Waals surface area contributed by atoms with E-state index >= 15 is 0 Å². The fourth-order valence-corrected chi connectivity index (χ4v) is 5.41. The van der Waals surface area contributed by atoms with Crippen molar-refractivity contribution in [2.75, 3.05) is 0 Å². The maximum Gasteiger partial charge on any atom is 0.0991 e. The normalized spacial score (nSPS) is 11.3. The lowest BCUT2D eigenvalue weighted by molar-refractivity contribution is 1.13. The van der Waals surface area contributed by atoms with E-state index in [0.717, 1.165) is 44.2 Å². The van der Waals surface area contributed by atoms with Gasteiger partial charge in [-0.2, -0.15) is 10.5 Å². The molecule has 0 radical (unpaired) electrons. The van der Waals surface area contributed by atoms with Crippen LogP contribution in [0.1, 0.15) is 25.4 Å². The Balaban J connectivity index is -0.000000882. The third-order valence-electron chi connectivity index (χ3n) is 6.95. The van der Waals surface area contributed by atoms with E-state index in [1.54, 1.807) is 0 Å². The Morgan fingerprint density at radius 1 is 0.444 bits per heavy atom. The molecule has 0 aliphatic rings. The first kappa shape index (κ1) is 20.1. The van der Waals surface area contributed by atoms with Gasteiger partial charge in [-0.3, -0.25) is 0 Å². The maximum absolute atomic E-state index is 9.50. The Labute approximate surface area is 221 Å². The van der Waals surface area contributed by atoms with Gasteiger partial charge in [0.05, 0.1) is 45.3 Å². The van der Waals surface area contributed by atoms with Gasteiger partial charge in [-0.1, -0.05) is 42.5 Å². The summed E-state index contributed by atoms with van der Waals surface area (Å²) in [6.45, 7) is 0. The second kappa shape index (κ2) is 7.60. The molecular formula is C32H38N4. The maximum atomic E-state index is 9.50. The topological polar surface area (TPSA) is 57.4 Å². The predicted octanol–water partition coefficient (Wildman–Crippen LogP) is 10.1. The molecule has 0 saturated carbocycles. The smallest absolute Gasteiger partial charge is 0.0991 e. The van der Waals surface area contributed by atoms with Crippen molar-refractivity contribution in [1.82, 2.24) is 9.13 Å². The van der Waals surface area contributed by atoms with Gasteiger partial charge in [0.15, 0.2) is 0 Å². The molecule has 2 aromatic heterocycles. The Morgan fingerprint density at radius 2 is 0.889 bits per heavy atom. The van der Waals surface area contributed by atoms with Gasteiger partial charge in [0.25, 0.3) is 0 Å². The van der Waals surface area contributed by atoms with Crippen LogP contribution in [0.5, 0.6) is 0 Å². The minimum atomic E-state index is 0. The average molecular weight is 479 g/mol. The van der Waals surface area contributed by atoms with Gasteiger partial charge in [-0.05, 0) is 66.7 Å². The van der Waals surface area contributed by atoms with Crippen LogP contribution in [-0.2, 0) is 0 Å². The molecule has 36 heavy (non-hydrogen) atoms. The molecule has 0 atom stereocenters. The molecule has 186 valence electrons. The summed E-state index contributed by atoms with van der Waals surface area (Å²) in [6.07, 6.45) is 0. The van der Waals surface area contributed by atoms with Crippen LogP contribution in [0, 0.1) is 22.7 Å². The first-order chi connectivity index (χ1) is 17.8. The Hall–Kier alpha value is -5.32. The SMILES string of the molecule is N#Cc1ccc2c(c1)c1cc(C#N)ccc1n2-c1cccc(-n2c3ccccc3c3ccccc32)c1.[HH].[HH].[HH].[HH].[HH].[HH].[HH].[HH].[HH].[HH]. The number of nitriles is 2. The van der Waals surface area contributed by atoms with Crippen molar-refractivity contribution in [2.24, 2.45) is 0 Å². The fourth-order valence-electron chi connectivity index (χ4n) is 5.41. The van der Waals surface area contributed by atoms with Gasteiger partial charge in [0.1, 0.15) is 0 Å². The summed E-state index contributed by atoms with van der Waals surface area (Å²) in [5, 5.41) is 23.4. The summed E-state index contributed by atoms with van der Waals surface area (Å²) >= 11 is 0. The van der Waals surface area contributed by atoms with E-state index in [2.05, 4.69) is 94.1 Å². The number of nitrogens with zero attached hydrogens (tertiary/aromatic N) is 4. The molecule has 0 aliphatic heterocycles. The van der Waals surface area contributed by atoms with Crippen LogP contribution in [0.25, 0.3) is 55.0 Å². The molecule has 7 rings (SSSR count). The summed E-state index contributed by atoms with van der Waals surface area (Å²) in [5.41, 5.74) is 7.61.